The zero-order valence-corrected chi connectivity index (χ0v) is 24.2. The molecule has 1 aromatic carbocycles. The molecule has 214 valence electrons. The van der Waals surface area contributed by atoms with Crippen molar-refractivity contribution in [1.29, 1.82) is 5.26 Å². The van der Waals surface area contributed by atoms with Crippen molar-refractivity contribution in [1.82, 2.24) is 24.7 Å². The molecule has 3 aromatic heterocycles. The fraction of sp³-hybridized carbons (Fsp3) is 0.419. The molecule has 1 aliphatic heterocycles. The summed E-state index contributed by atoms with van der Waals surface area (Å²) in [6, 6.07) is 8.07. The van der Waals surface area contributed by atoms with Crippen molar-refractivity contribution in [2.75, 3.05) is 18.1 Å². The summed E-state index contributed by atoms with van der Waals surface area (Å²) < 4.78 is 7.87. The van der Waals surface area contributed by atoms with Gasteiger partial charge in [-0.2, -0.15) is 10.4 Å². The molecule has 3 saturated carbocycles. The minimum atomic E-state index is -0.199. The van der Waals surface area contributed by atoms with Crippen LogP contribution in [0.3, 0.4) is 0 Å². The molecule has 11 heteroatoms. The maximum absolute atomic E-state index is 12.8. The molecule has 8 rings (SSSR count). The Morgan fingerprint density at radius 3 is 2.62 bits per heavy atom. The van der Waals surface area contributed by atoms with Crippen LogP contribution in [0.25, 0.3) is 22.2 Å². The molecule has 3 fully saturated rings. The molecule has 4 aromatic rings. The maximum atomic E-state index is 12.8. The lowest BCUT2D eigenvalue weighted by atomic mass is 9.35. The van der Waals surface area contributed by atoms with Crippen molar-refractivity contribution >= 4 is 34.2 Å². The molecule has 0 spiro atoms. The molecule has 42 heavy (non-hydrogen) atoms. The Morgan fingerprint density at radius 1 is 1.17 bits per heavy atom. The van der Waals surface area contributed by atoms with Crippen LogP contribution in [0.5, 0.6) is 5.75 Å². The van der Waals surface area contributed by atoms with Crippen LogP contribution in [0.15, 0.2) is 36.8 Å². The minimum absolute atomic E-state index is 0.108. The molecule has 1 N–H and O–H groups in total. The number of halogens is 1. The van der Waals surface area contributed by atoms with Gasteiger partial charge in [0.05, 0.1) is 34.7 Å². The van der Waals surface area contributed by atoms with Gasteiger partial charge in [-0.25, -0.2) is 19.6 Å². The van der Waals surface area contributed by atoms with Gasteiger partial charge in [0.15, 0.2) is 12.3 Å². The number of aliphatic hydroxyl groups is 1. The number of benzene rings is 1. The number of hydrogen-bond acceptors (Lipinski definition) is 8. The molecular weight excluding hydrogens is 554 g/mol. The number of carbonyl (C=O) groups is 1. The molecule has 4 aliphatic rings. The molecule has 0 unspecified atom stereocenters. The number of nitriles is 1. The number of aromatic nitrogens is 5. The van der Waals surface area contributed by atoms with E-state index in [1.807, 2.05) is 22.9 Å². The number of aliphatic hydroxyl groups excluding tert-OH is 1. The number of ether oxygens (including phenoxy) is 1. The van der Waals surface area contributed by atoms with Crippen LogP contribution < -0.4 is 9.64 Å². The summed E-state index contributed by atoms with van der Waals surface area (Å²) in [7, 11) is 0. The number of pyridine rings is 1. The quantitative estimate of drug-likeness (QED) is 0.316. The molecule has 2 bridgehead atoms. The van der Waals surface area contributed by atoms with Crippen LogP contribution >= 0.6 is 11.6 Å². The number of carbonyl (C=O) groups excluding carboxylic acids is 1. The van der Waals surface area contributed by atoms with Gasteiger partial charge in [0.25, 0.3) is 5.91 Å². The number of rotatable bonds is 8. The summed E-state index contributed by atoms with van der Waals surface area (Å²) in [6.45, 7) is 5.28. The number of anilines is 1. The van der Waals surface area contributed by atoms with Gasteiger partial charge in [-0.1, -0.05) is 31.5 Å². The van der Waals surface area contributed by atoms with E-state index in [0.29, 0.717) is 40.2 Å². The summed E-state index contributed by atoms with van der Waals surface area (Å²) in [6.07, 6.45) is 8.50. The van der Waals surface area contributed by atoms with Gasteiger partial charge < -0.3 is 9.84 Å². The second-order valence-corrected chi connectivity index (χ2v) is 13.0. The van der Waals surface area contributed by atoms with Gasteiger partial charge in [0.2, 0.25) is 0 Å². The van der Waals surface area contributed by atoms with Gasteiger partial charge >= 0.3 is 0 Å². The van der Waals surface area contributed by atoms with Crippen molar-refractivity contribution in [3.8, 4) is 22.9 Å². The number of amides is 1. The number of nitrogens with zero attached hydrogens (tertiary/aromatic N) is 7. The molecule has 0 saturated heterocycles. The summed E-state index contributed by atoms with van der Waals surface area (Å²) in [5, 5.41) is 26.1. The van der Waals surface area contributed by atoms with Gasteiger partial charge in [0, 0.05) is 36.5 Å². The summed E-state index contributed by atoms with van der Waals surface area (Å²) >= 11 is 5.93. The molecule has 0 radical (unpaired) electrons. The maximum Gasteiger partial charge on any atom is 0.265 e. The second kappa shape index (κ2) is 9.75. The fourth-order valence-corrected chi connectivity index (χ4v) is 7.28. The largest absolute Gasteiger partial charge is 0.482 e. The Balaban J connectivity index is 1.30. The summed E-state index contributed by atoms with van der Waals surface area (Å²) in [5.41, 5.74) is 4.48. The van der Waals surface area contributed by atoms with E-state index in [-0.39, 0.29) is 36.5 Å². The van der Waals surface area contributed by atoms with Crippen molar-refractivity contribution in [3.05, 3.63) is 58.9 Å². The van der Waals surface area contributed by atoms with E-state index in [4.69, 9.17) is 26.4 Å². The lowest BCUT2D eigenvalue weighted by molar-refractivity contribution is -0.230. The van der Waals surface area contributed by atoms with Gasteiger partial charge in [-0.3, -0.25) is 9.69 Å². The normalized spacial score (nSPS) is 22.4. The van der Waals surface area contributed by atoms with Crippen LogP contribution in [-0.4, -0.2) is 49.0 Å². The van der Waals surface area contributed by atoms with E-state index in [2.05, 4.69) is 29.9 Å². The van der Waals surface area contributed by atoms with E-state index in [1.165, 1.54) is 12.4 Å². The summed E-state index contributed by atoms with van der Waals surface area (Å²) in [5.74, 6) is 1.10. The highest BCUT2D eigenvalue weighted by molar-refractivity contribution is 6.30. The topological polar surface area (TPSA) is 130 Å². The Morgan fingerprint density at radius 2 is 1.93 bits per heavy atom. The SMILES string of the molecule is CC(C)Cc1nc2c(cnn2CC23CC(CO)(C2)C3)c(-c2ccc3c(c2)OCC(=O)N3Cc2ncc(Cl)cn2)c1C#N. The predicted octanol–water partition coefficient (Wildman–Crippen LogP) is 4.70. The van der Waals surface area contributed by atoms with E-state index in [0.717, 1.165) is 53.7 Å². The lowest BCUT2D eigenvalue weighted by Crippen LogP contribution is -2.64. The number of hydrogen-bond donors (Lipinski definition) is 1. The average molecular weight is 584 g/mol. The third-order valence-electron chi connectivity index (χ3n) is 8.81. The van der Waals surface area contributed by atoms with Crippen LogP contribution in [0, 0.1) is 28.1 Å². The minimum Gasteiger partial charge on any atom is -0.482 e. The van der Waals surface area contributed by atoms with Crippen LogP contribution in [0.4, 0.5) is 5.69 Å². The molecule has 0 atom stereocenters. The van der Waals surface area contributed by atoms with Crippen molar-refractivity contribution < 1.29 is 14.6 Å². The molecule has 10 nitrogen and oxygen atoms in total. The first kappa shape index (κ1) is 26.8. The zero-order chi connectivity index (χ0) is 29.2. The highest BCUT2D eigenvalue weighted by Gasteiger charge is 2.67. The molecule has 3 aliphatic carbocycles. The molecule has 4 heterocycles. The monoisotopic (exact) mass is 583 g/mol. The number of fused-ring (bicyclic) bond motifs is 2. The van der Waals surface area contributed by atoms with Gasteiger partial charge in [-0.15, -0.1) is 0 Å². The third-order valence-corrected chi connectivity index (χ3v) is 9.00. The van der Waals surface area contributed by atoms with Gasteiger partial charge in [0.1, 0.15) is 17.6 Å². The van der Waals surface area contributed by atoms with Gasteiger partial charge in [-0.05, 0) is 60.1 Å². The molecular formula is C31H30ClN7O3. The predicted molar refractivity (Wildman–Crippen MR) is 156 cm³/mol. The molecule has 1 amide bonds. The van der Waals surface area contributed by atoms with Crippen LogP contribution in [-0.2, 0) is 24.3 Å². The van der Waals surface area contributed by atoms with Crippen LogP contribution in [0.2, 0.25) is 5.02 Å². The third kappa shape index (κ3) is 4.30. The Labute approximate surface area is 247 Å². The first-order chi connectivity index (χ1) is 20.2. The smallest absolute Gasteiger partial charge is 0.265 e. The van der Waals surface area contributed by atoms with Crippen molar-refractivity contribution in [2.24, 2.45) is 16.7 Å². The highest BCUT2D eigenvalue weighted by atomic mass is 35.5. The van der Waals surface area contributed by atoms with E-state index in [1.54, 1.807) is 11.1 Å². The Kier molecular flexibility index (Phi) is 6.22. The first-order valence-corrected chi connectivity index (χ1v) is 14.5. The zero-order valence-electron chi connectivity index (χ0n) is 23.5. The van der Waals surface area contributed by atoms with E-state index >= 15 is 0 Å². The summed E-state index contributed by atoms with van der Waals surface area (Å²) in [4.78, 5) is 27.9. The first-order valence-electron chi connectivity index (χ1n) is 14.2. The highest BCUT2D eigenvalue weighted by Crippen LogP contribution is 2.73. The Bertz CT molecular complexity index is 1760. The Hall–Kier alpha value is -4.07. The average Bonchev–Trinajstić information content (AvgIpc) is 3.33. The lowest BCUT2D eigenvalue weighted by Gasteiger charge is -2.70. The van der Waals surface area contributed by atoms with Crippen molar-refractivity contribution in [2.45, 2.75) is 52.6 Å². The van der Waals surface area contributed by atoms with Crippen LogP contribution in [0.1, 0.15) is 50.2 Å². The fourth-order valence-electron chi connectivity index (χ4n) is 7.19. The van der Waals surface area contributed by atoms with E-state index in [9.17, 15) is 15.2 Å². The van der Waals surface area contributed by atoms with E-state index < -0.39 is 0 Å². The van der Waals surface area contributed by atoms with Crippen molar-refractivity contribution in [3.63, 3.8) is 0 Å². The second-order valence-electron chi connectivity index (χ2n) is 12.5. The standard InChI is InChI=1S/C31H30ClN7O3/c1-18(2)5-23-21(7-33)28(22-10-36-39(29(22)37-23)16-30-13-31(14-30,15-30)17-40)19-3-4-24-25(6-19)42-12-27(41)38(24)11-26-34-8-20(32)9-35-26/h3-4,6,8-10,18,40H,5,11-17H2,1-2H3.